The average Bonchev–Trinajstić information content (AvgIpc) is 2.43. The zero-order valence-corrected chi connectivity index (χ0v) is 7.28. The summed E-state index contributed by atoms with van der Waals surface area (Å²) in [7, 11) is 0. The molecule has 1 heterocycles. The van der Waals surface area contributed by atoms with Gasteiger partial charge in [0.05, 0.1) is 5.57 Å². The largest absolute Gasteiger partial charge is 0.394 e. The van der Waals surface area contributed by atoms with E-state index in [1.807, 2.05) is 6.07 Å². The van der Waals surface area contributed by atoms with Crippen LogP contribution < -0.4 is 11.1 Å². The Morgan fingerprint density at radius 3 is 2.14 bits per heavy atom. The van der Waals surface area contributed by atoms with Crippen LogP contribution in [0.4, 0.5) is 0 Å². The lowest BCUT2D eigenvalue weighted by atomic mass is 10.1. The van der Waals surface area contributed by atoms with E-state index in [0.29, 0.717) is 5.56 Å². The fourth-order valence-corrected chi connectivity index (χ4v) is 1.36. The highest BCUT2D eigenvalue weighted by Gasteiger charge is 2.28. The Labute approximate surface area is 80.4 Å². The van der Waals surface area contributed by atoms with Gasteiger partial charge in [0.2, 0.25) is 0 Å². The molecule has 0 radical (unpaired) electrons. The quantitative estimate of drug-likeness (QED) is 0.610. The van der Waals surface area contributed by atoms with Gasteiger partial charge in [-0.3, -0.25) is 14.9 Å². The number of benzene rings is 1. The summed E-state index contributed by atoms with van der Waals surface area (Å²) in [6, 6.07) is 8.87. The minimum atomic E-state index is -0.520. The standard InChI is InChI=1S/C10H8N2O2/c11-8-7(9(13)12-10(8)14)6-4-2-1-3-5-6/h1-5H,(H3,11,12,13,14). The lowest BCUT2D eigenvalue weighted by Crippen LogP contribution is -2.24. The van der Waals surface area contributed by atoms with E-state index in [9.17, 15) is 9.59 Å². The van der Waals surface area contributed by atoms with Crippen molar-refractivity contribution in [2.75, 3.05) is 0 Å². The number of hydrogen-bond donors (Lipinski definition) is 2. The molecule has 0 aliphatic carbocycles. The molecule has 0 fully saturated rings. The van der Waals surface area contributed by atoms with Crippen molar-refractivity contribution < 1.29 is 9.59 Å². The first kappa shape index (κ1) is 8.50. The van der Waals surface area contributed by atoms with Crippen molar-refractivity contribution in [3.05, 3.63) is 41.6 Å². The number of nitrogens with one attached hydrogen (secondary N) is 1. The second-order valence-electron chi connectivity index (χ2n) is 2.94. The lowest BCUT2D eigenvalue weighted by Gasteiger charge is -1.98. The second kappa shape index (κ2) is 2.99. The van der Waals surface area contributed by atoms with E-state index in [4.69, 9.17) is 5.73 Å². The third-order valence-corrected chi connectivity index (χ3v) is 2.03. The smallest absolute Gasteiger partial charge is 0.274 e. The normalized spacial score (nSPS) is 16.0. The van der Waals surface area contributed by atoms with Gasteiger partial charge in [0.1, 0.15) is 5.70 Å². The first-order valence-corrected chi connectivity index (χ1v) is 4.11. The van der Waals surface area contributed by atoms with Crippen LogP contribution >= 0.6 is 0 Å². The molecule has 2 rings (SSSR count). The number of rotatable bonds is 1. The summed E-state index contributed by atoms with van der Waals surface area (Å²) in [4.78, 5) is 22.4. The van der Waals surface area contributed by atoms with Crippen LogP contribution in [-0.2, 0) is 9.59 Å². The zero-order valence-electron chi connectivity index (χ0n) is 7.28. The van der Waals surface area contributed by atoms with Crippen LogP contribution in [-0.4, -0.2) is 11.8 Å². The fourth-order valence-electron chi connectivity index (χ4n) is 1.36. The number of carbonyl (C=O) groups is 2. The molecule has 0 saturated heterocycles. The maximum Gasteiger partial charge on any atom is 0.274 e. The second-order valence-corrected chi connectivity index (χ2v) is 2.94. The van der Waals surface area contributed by atoms with Crippen molar-refractivity contribution in [3.63, 3.8) is 0 Å². The molecule has 14 heavy (non-hydrogen) atoms. The summed E-state index contributed by atoms with van der Waals surface area (Å²) in [6.07, 6.45) is 0. The van der Waals surface area contributed by atoms with E-state index in [-0.39, 0.29) is 11.3 Å². The van der Waals surface area contributed by atoms with Gasteiger partial charge in [0, 0.05) is 0 Å². The van der Waals surface area contributed by atoms with Crippen LogP contribution in [0, 0.1) is 0 Å². The fraction of sp³-hybridized carbons (Fsp3) is 0. The number of hydrogen-bond acceptors (Lipinski definition) is 3. The van der Waals surface area contributed by atoms with Gasteiger partial charge in [-0.15, -0.1) is 0 Å². The van der Waals surface area contributed by atoms with Gasteiger partial charge in [0.25, 0.3) is 11.8 Å². The van der Waals surface area contributed by atoms with Crippen LogP contribution in [0.2, 0.25) is 0 Å². The summed E-state index contributed by atoms with van der Waals surface area (Å²) >= 11 is 0. The van der Waals surface area contributed by atoms with Gasteiger partial charge in [-0.2, -0.15) is 0 Å². The Hall–Kier alpha value is -2.10. The van der Waals surface area contributed by atoms with Gasteiger partial charge < -0.3 is 5.73 Å². The summed E-state index contributed by atoms with van der Waals surface area (Å²) in [5, 5.41) is 2.14. The Morgan fingerprint density at radius 1 is 1.00 bits per heavy atom. The monoisotopic (exact) mass is 188 g/mol. The molecule has 0 saturated carbocycles. The number of nitrogens with two attached hydrogens (primary N) is 1. The number of carbonyl (C=O) groups excluding carboxylic acids is 2. The molecule has 1 aromatic rings. The molecule has 1 aliphatic rings. The van der Waals surface area contributed by atoms with Crippen molar-refractivity contribution in [2.45, 2.75) is 0 Å². The third kappa shape index (κ3) is 1.17. The van der Waals surface area contributed by atoms with E-state index in [0.717, 1.165) is 0 Å². The first-order valence-electron chi connectivity index (χ1n) is 4.11. The molecule has 3 N–H and O–H groups in total. The molecule has 0 bridgehead atoms. The topological polar surface area (TPSA) is 72.2 Å². The molecule has 4 heteroatoms. The van der Waals surface area contributed by atoms with Crippen LogP contribution in [0.25, 0.3) is 5.57 Å². The van der Waals surface area contributed by atoms with Gasteiger partial charge in [-0.05, 0) is 5.56 Å². The Kier molecular flexibility index (Phi) is 1.81. The van der Waals surface area contributed by atoms with Gasteiger partial charge in [0.15, 0.2) is 0 Å². The molecule has 2 amide bonds. The van der Waals surface area contributed by atoms with Crippen LogP contribution in [0.1, 0.15) is 5.56 Å². The Bertz CT molecular complexity index is 435. The molecule has 0 unspecified atom stereocenters. The van der Waals surface area contributed by atoms with Crippen LogP contribution in [0.3, 0.4) is 0 Å². The van der Waals surface area contributed by atoms with E-state index in [2.05, 4.69) is 5.32 Å². The van der Waals surface area contributed by atoms with Crippen molar-refractivity contribution in [1.29, 1.82) is 0 Å². The van der Waals surface area contributed by atoms with E-state index in [1.54, 1.807) is 24.3 Å². The summed E-state index contributed by atoms with van der Waals surface area (Å²) in [5.74, 6) is -0.951. The predicted octanol–water partition coefficient (Wildman–Crippen LogP) is 0.0128. The molecule has 0 spiro atoms. The van der Waals surface area contributed by atoms with Gasteiger partial charge in [-0.1, -0.05) is 30.3 Å². The first-order chi connectivity index (χ1) is 6.70. The van der Waals surface area contributed by atoms with Crippen LogP contribution in [0.15, 0.2) is 36.0 Å². The predicted molar refractivity (Wildman–Crippen MR) is 50.7 cm³/mol. The number of amides is 2. The Morgan fingerprint density at radius 2 is 1.64 bits per heavy atom. The van der Waals surface area contributed by atoms with Gasteiger partial charge in [-0.25, -0.2) is 0 Å². The highest BCUT2D eigenvalue weighted by Crippen LogP contribution is 2.20. The molecule has 0 atom stereocenters. The molecule has 1 aliphatic heterocycles. The number of imide groups is 1. The van der Waals surface area contributed by atoms with Crippen molar-refractivity contribution in [1.82, 2.24) is 5.32 Å². The molecular weight excluding hydrogens is 180 g/mol. The SMILES string of the molecule is NC1=C(c2ccccc2)C(=O)NC1=O. The Balaban J connectivity index is 2.54. The molecule has 4 nitrogen and oxygen atoms in total. The van der Waals surface area contributed by atoms with Crippen molar-refractivity contribution in [3.8, 4) is 0 Å². The van der Waals surface area contributed by atoms with Gasteiger partial charge >= 0.3 is 0 Å². The summed E-state index contributed by atoms with van der Waals surface area (Å²) < 4.78 is 0. The summed E-state index contributed by atoms with van der Waals surface area (Å²) in [5.41, 5.74) is 6.40. The third-order valence-electron chi connectivity index (χ3n) is 2.03. The maximum atomic E-state index is 11.3. The van der Waals surface area contributed by atoms with E-state index < -0.39 is 11.8 Å². The van der Waals surface area contributed by atoms with Crippen LogP contribution in [0.5, 0.6) is 0 Å². The maximum absolute atomic E-state index is 11.3. The molecule has 1 aromatic carbocycles. The van der Waals surface area contributed by atoms with Crippen molar-refractivity contribution in [2.24, 2.45) is 5.73 Å². The molecule has 0 aromatic heterocycles. The minimum absolute atomic E-state index is 0.0128. The lowest BCUT2D eigenvalue weighted by molar-refractivity contribution is -0.123. The molecular formula is C10H8N2O2. The zero-order chi connectivity index (χ0) is 10.1. The summed E-state index contributed by atoms with van der Waals surface area (Å²) in [6.45, 7) is 0. The molecule has 70 valence electrons. The average molecular weight is 188 g/mol. The van der Waals surface area contributed by atoms with E-state index in [1.165, 1.54) is 0 Å². The minimum Gasteiger partial charge on any atom is -0.394 e. The van der Waals surface area contributed by atoms with E-state index >= 15 is 0 Å². The highest BCUT2D eigenvalue weighted by atomic mass is 16.2. The van der Waals surface area contributed by atoms with Crippen molar-refractivity contribution >= 4 is 17.4 Å². The highest BCUT2D eigenvalue weighted by molar-refractivity contribution is 6.35.